The fraction of sp³-hybridized carbons (Fsp3) is 0.817. The fourth-order valence-electron chi connectivity index (χ4n) is 12.6. The maximum absolute atomic E-state index is 15.6. The van der Waals surface area contributed by atoms with E-state index in [-0.39, 0.29) is 49.9 Å². The molecule has 2 saturated heterocycles. The van der Waals surface area contributed by atoms with E-state index in [1.807, 2.05) is 54.5 Å². The van der Waals surface area contributed by atoms with Crippen LogP contribution in [0.1, 0.15) is 182 Å². The van der Waals surface area contributed by atoms with Gasteiger partial charge in [0.15, 0.2) is 5.37 Å². The van der Waals surface area contributed by atoms with Gasteiger partial charge < -0.3 is 70.3 Å². The number of likely N-dealkylation sites (N-methyl/N-ethyl adjacent to an activating group) is 7. The molecular formula is C71H128N12O13S. The second kappa shape index (κ2) is 40.4. The Hall–Kier alpha value is -5.86. The van der Waals surface area contributed by atoms with E-state index in [0.717, 1.165) is 43.8 Å². The maximum atomic E-state index is 15.6. The SMILES string of the molecule is C/C=C/C[C@@H](C)[C@@H](O)[C@H]1C(=O)N[C@@H](CC)C(=O)N(C)[C@H](SCCCN2CCCCC2)C(=O)N(C)[C@@H](CC(C)(C)OC)C(=O)N[C@@H](C(C)C)C(=O)N(C)[C@@H](CC(C)C)C(=O)N[C@@H](C)C(=O)N[C@H](C)C(=O)N(C)[C@@H](CC(C)C)C(=O)N(C)[C@@H](CC(C)C)C(=O)N(C)[C@@H](C(C)C)C(=O)N1C. The molecule has 25 nitrogen and oxygen atoms in total. The summed E-state index contributed by atoms with van der Waals surface area (Å²) in [5, 5.41) is 22.3. The molecule has 0 saturated carbocycles. The number of hydrogen-bond acceptors (Lipinski definition) is 15. The van der Waals surface area contributed by atoms with E-state index in [9.17, 15) is 24.3 Å². The molecule has 0 radical (unpaired) electrons. The van der Waals surface area contributed by atoms with Crippen molar-refractivity contribution < 1.29 is 62.6 Å². The van der Waals surface area contributed by atoms with E-state index in [4.69, 9.17) is 4.74 Å². The van der Waals surface area contributed by atoms with Crippen LogP contribution in [0.5, 0.6) is 0 Å². The topological polar surface area (TPSA) is 291 Å². The summed E-state index contributed by atoms with van der Waals surface area (Å²) in [6, 6.07) is -12.8. The van der Waals surface area contributed by atoms with Crippen molar-refractivity contribution in [2.24, 2.45) is 35.5 Å². The smallest absolute Gasteiger partial charge is 0.256 e. The van der Waals surface area contributed by atoms with Crippen LogP contribution in [0.25, 0.3) is 0 Å². The summed E-state index contributed by atoms with van der Waals surface area (Å²) in [6.07, 6.45) is 6.66. The van der Waals surface area contributed by atoms with Crippen molar-refractivity contribution in [1.82, 2.24) is 60.5 Å². The number of hydrogen-bond donors (Lipinski definition) is 5. The van der Waals surface area contributed by atoms with Crippen molar-refractivity contribution in [3.63, 3.8) is 0 Å². The van der Waals surface area contributed by atoms with Crippen LogP contribution in [-0.2, 0) is 57.5 Å². The van der Waals surface area contributed by atoms with Gasteiger partial charge in [0.25, 0.3) is 5.91 Å². The van der Waals surface area contributed by atoms with Gasteiger partial charge >= 0.3 is 0 Å². The van der Waals surface area contributed by atoms with Crippen LogP contribution in [-0.4, -0.2) is 269 Å². The van der Waals surface area contributed by atoms with Gasteiger partial charge in [-0.3, -0.25) is 52.7 Å². The molecule has 2 heterocycles. The fourth-order valence-corrected chi connectivity index (χ4v) is 13.8. The zero-order valence-corrected chi connectivity index (χ0v) is 64.6. The molecule has 97 heavy (non-hydrogen) atoms. The Balaban J connectivity index is 3.14. The van der Waals surface area contributed by atoms with Crippen LogP contribution in [0.3, 0.4) is 0 Å². The van der Waals surface area contributed by atoms with E-state index >= 15 is 33.6 Å². The number of carbonyl (C=O) groups excluding carboxylic acids is 11. The van der Waals surface area contributed by atoms with E-state index in [0.29, 0.717) is 18.6 Å². The first-order chi connectivity index (χ1) is 45.0. The average Bonchev–Trinajstić information content (AvgIpc) is 0.815. The normalized spacial score (nSPS) is 27.1. The van der Waals surface area contributed by atoms with Crippen LogP contribution in [0.15, 0.2) is 12.2 Å². The molecule has 0 aliphatic carbocycles. The molecule has 0 aromatic carbocycles. The molecule has 13 atom stereocenters. The van der Waals surface area contributed by atoms with Crippen LogP contribution in [0.4, 0.5) is 0 Å². The summed E-state index contributed by atoms with van der Waals surface area (Å²) < 4.78 is 5.86. The highest BCUT2D eigenvalue weighted by Crippen LogP contribution is 2.29. The largest absolute Gasteiger partial charge is 0.390 e. The molecular weight excluding hydrogens is 1260 g/mol. The van der Waals surface area contributed by atoms with Gasteiger partial charge in [-0.05, 0) is 147 Å². The molecule has 556 valence electrons. The number of methoxy groups -OCH3 is 1. The van der Waals surface area contributed by atoms with Crippen molar-refractivity contribution in [3.05, 3.63) is 12.2 Å². The second-order valence-corrected chi connectivity index (χ2v) is 31.0. The Morgan fingerprint density at radius 3 is 1.51 bits per heavy atom. The van der Waals surface area contributed by atoms with E-state index in [2.05, 4.69) is 26.2 Å². The first-order valence-electron chi connectivity index (χ1n) is 35.3. The van der Waals surface area contributed by atoms with Gasteiger partial charge in [0.2, 0.25) is 59.1 Å². The van der Waals surface area contributed by atoms with Gasteiger partial charge in [-0.25, -0.2) is 0 Å². The molecule has 11 amide bonds. The third-order valence-electron chi connectivity index (χ3n) is 19.1. The Bertz CT molecular complexity index is 2650. The number of thioether (sulfide) groups is 1. The maximum Gasteiger partial charge on any atom is 0.256 e. The minimum Gasteiger partial charge on any atom is -0.390 e. The minimum absolute atomic E-state index is 0.00389. The monoisotopic (exact) mass is 1390 g/mol. The molecule has 0 aromatic heterocycles. The number of nitrogens with zero attached hydrogens (tertiary/aromatic N) is 8. The van der Waals surface area contributed by atoms with Crippen molar-refractivity contribution in [2.45, 2.75) is 259 Å². The van der Waals surface area contributed by atoms with E-state index in [1.165, 1.54) is 111 Å². The molecule has 2 aliphatic rings. The van der Waals surface area contributed by atoms with Crippen molar-refractivity contribution in [3.8, 4) is 0 Å². The summed E-state index contributed by atoms with van der Waals surface area (Å²) in [6.45, 7) is 32.4. The number of aliphatic hydroxyl groups excluding tert-OH is 1. The minimum atomic E-state index is -1.64. The third kappa shape index (κ3) is 25.1. The molecule has 0 spiro atoms. The first-order valence-corrected chi connectivity index (χ1v) is 36.4. The molecule has 0 unspecified atom stereocenters. The highest BCUT2D eigenvalue weighted by Gasteiger charge is 2.47. The lowest BCUT2D eigenvalue weighted by atomic mass is 9.91. The molecule has 2 aliphatic heterocycles. The average molecular weight is 1390 g/mol. The number of allylic oxidation sites excluding steroid dienone is 2. The number of piperidine rings is 1. The van der Waals surface area contributed by atoms with Crippen molar-refractivity contribution in [1.29, 1.82) is 0 Å². The molecule has 5 N–H and O–H groups in total. The lowest BCUT2D eigenvalue weighted by molar-refractivity contribution is -0.157. The summed E-state index contributed by atoms with van der Waals surface area (Å²) in [5.74, 6) is -9.44. The van der Waals surface area contributed by atoms with Gasteiger partial charge in [0, 0.05) is 62.9 Å². The summed E-state index contributed by atoms with van der Waals surface area (Å²) in [4.78, 5) is 176. The Morgan fingerprint density at radius 1 is 0.536 bits per heavy atom. The predicted octanol–water partition coefficient (Wildman–Crippen LogP) is 4.97. The first kappa shape index (κ1) is 87.2. The molecule has 2 fully saturated rings. The summed E-state index contributed by atoms with van der Waals surface area (Å²) in [5.41, 5.74) is -1.04. The quantitative estimate of drug-likeness (QED) is 0.0749. The number of likely N-dealkylation sites (tertiary alicyclic amines) is 1. The Kier molecular flexibility index (Phi) is 36.3. The van der Waals surface area contributed by atoms with Crippen LogP contribution >= 0.6 is 11.8 Å². The molecule has 2 rings (SSSR count). The lowest BCUT2D eigenvalue weighted by Crippen LogP contribution is -2.64. The van der Waals surface area contributed by atoms with Crippen molar-refractivity contribution >= 4 is 76.7 Å². The molecule has 0 aromatic rings. The Morgan fingerprint density at radius 2 is 1.01 bits per heavy atom. The van der Waals surface area contributed by atoms with Gasteiger partial charge in [-0.1, -0.05) is 102 Å². The predicted molar refractivity (Wildman–Crippen MR) is 381 cm³/mol. The summed E-state index contributed by atoms with van der Waals surface area (Å²) >= 11 is 1.20. The third-order valence-corrected chi connectivity index (χ3v) is 20.4. The number of amides is 11. The van der Waals surface area contributed by atoms with E-state index < -0.39 is 160 Å². The lowest BCUT2D eigenvalue weighted by Gasteiger charge is -2.41. The number of ether oxygens (including phenoxy) is 1. The number of nitrogens with one attached hydrogen (secondary N) is 4. The van der Waals surface area contributed by atoms with Crippen molar-refractivity contribution in [2.75, 3.05) is 81.8 Å². The molecule has 0 bridgehead atoms. The van der Waals surface area contributed by atoms with Crippen LogP contribution in [0.2, 0.25) is 0 Å². The molecule has 26 heteroatoms. The van der Waals surface area contributed by atoms with Crippen LogP contribution in [0, 0.1) is 35.5 Å². The van der Waals surface area contributed by atoms with Gasteiger partial charge in [0.1, 0.15) is 60.4 Å². The number of aliphatic hydroxyl groups is 1. The highest BCUT2D eigenvalue weighted by molar-refractivity contribution is 8.00. The number of rotatable bonds is 21. The van der Waals surface area contributed by atoms with Gasteiger partial charge in [-0.2, -0.15) is 0 Å². The highest BCUT2D eigenvalue weighted by atomic mass is 32.2. The Labute approximate surface area is 586 Å². The zero-order valence-electron chi connectivity index (χ0n) is 63.8. The van der Waals surface area contributed by atoms with Gasteiger partial charge in [-0.15, -0.1) is 11.8 Å². The number of carbonyl (C=O) groups is 11. The zero-order chi connectivity index (χ0) is 74.4. The summed E-state index contributed by atoms with van der Waals surface area (Å²) in [7, 11) is 11.6. The van der Waals surface area contributed by atoms with Crippen LogP contribution < -0.4 is 21.3 Å². The van der Waals surface area contributed by atoms with E-state index in [1.54, 1.807) is 61.5 Å². The second-order valence-electron chi connectivity index (χ2n) is 29.8. The van der Waals surface area contributed by atoms with Gasteiger partial charge in [0.05, 0.1) is 11.7 Å². The standard InChI is InChI=1S/C71H128N12O13S/c1-26-28-33-47(13)58(84)57-62(88)74-50(27-2)64(90)82(24)70(97-37-32-36-83-34-30-29-31-35-83)69(95)79(21)54(41-71(16,17)96-25)61(87)75-55(45(9)10)67(93)76(18)51(38-42(3)4)60(86)72-48(14)59(85)73-49(15)63(89)77(19)52(39-43(5)6)65(91)78(20)53(40-44(7)8)66(92)80(22)56(46(11)12)68(94)81(57)23/h26,28,42-58,70,84H,27,29-41H2,1-25H3,(H,72,86)(H,73,85)(H,74,88)(H,75,87)/b28-26+/t47-,48+,49-,50+,51+,52+,53+,54+,55+,56+,57+,58-,70-/m1/s1.